The van der Waals surface area contributed by atoms with Gasteiger partial charge in [0, 0.05) is 18.7 Å². The third-order valence-corrected chi connectivity index (χ3v) is 2.86. The van der Waals surface area contributed by atoms with Gasteiger partial charge in [-0.15, -0.1) is 0 Å². The van der Waals surface area contributed by atoms with E-state index in [9.17, 15) is 4.79 Å². The molecule has 0 heterocycles. The molecule has 110 valence electrons. The molecule has 2 aromatic carbocycles. The topological polar surface area (TPSA) is 47.6 Å². The SMILES string of the molecule is CC(=O)Nc1ccc(C)c(OCCOc2ccccc2)c1. The highest BCUT2D eigenvalue weighted by atomic mass is 16.5. The zero-order valence-electron chi connectivity index (χ0n) is 12.3. The summed E-state index contributed by atoms with van der Waals surface area (Å²) < 4.78 is 11.3. The normalized spacial score (nSPS) is 10.0. The third kappa shape index (κ3) is 4.84. The lowest BCUT2D eigenvalue weighted by atomic mass is 10.2. The Hall–Kier alpha value is -2.49. The molecule has 0 aromatic heterocycles. The van der Waals surface area contributed by atoms with Crippen LogP contribution >= 0.6 is 0 Å². The number of aryl methyl sites for hydroxylation is 1. The Bertz CT molecular complexity index is 596. The van der Waals surface area contributed by atoms with E-state index in [2.05, 4.69) is 5.32 Å². The van der Waals surface area contributed by atoms with E-state index in [0.29, 0.717) is 13.2 Å². The molecule has 0 aliphatic heterocycles. The van der Waals surface area contributed by atoms with Crippen molar-refractivity contribution in [2.75, 3.05) is 18.5 Å². The fraction of sp³-hybridized carbons (Fsp3) is 0.235. The van der Waals surface area contributed by atoms with Crippen LogP contribution in [-0.4, -0.2) is 19.1 Å². The smallest absolute Gasteiger partial charge is 0.221 e. The van der Waals surface area contributed by atoms with Gasteiger partial charge in [0.05, 0.1) is 0 Å². The van der Waals surface area contributed by atoms with Gasteiger partial charge in [-0.05, 0) is 30.7 Å². The van der Waals surface area contributed by atoms with Crippen molar-refractivity contribution in [3.63, 3.8) is 0 Å². The van der Waals surface area contributed by atoms with Crippen LogP contribution in [0.15, 0.2) is 48.5 Å². The summed E-state index contributed by atoms with van der Waals surface area (Å²) in [6.45, 7) is 4.35. The summed E-state index contributed by atoms with van der Waals surface area (Å²) in [7, 11) is 0. The molecule has 21 heavy (non-hydrogen) atoms. The van der Waals surface area contributed by atoms with Gasteiger partial charge >= 0.3 is 0 Å². The van der Waals surface area contributed by atoms with E-state index in [4.69, 9.17) is 9.47 Å². The highest BCUT2D eigenvalue weighted by Crippen LogP contribution is 2.22. The van der Waals surface area contributed by atoms with Gasteiger partial charge < -0.3 is 14.8 Å². The van der Waals surface area contributed by atoms with Crippen LogP contribution in [0.5, 0.6) is 11.5 Å². The maximum Gasteiger partial charge on any atom is 0.221 e. The summed E-state index contributed by atoms with van der Waals surface area (Å²) in [5.41, 5.74) is 1.75. The summed E-state index contributed by atoms with van der Waals surface area (Å²) in [6, 6.07) is 15.2. The number of carbonyl (C=O) groups excluding carboxylic acids is 1. The molecule has 0 saturated heterocycles. The minimum atomic E-state index is -0.0998. The van der Waals surface area contributed by atoms with Gasteiger partial charge in [-0.1, -0.05) is 24.3 Å². The Balaban J connectivity index is 1.86. The molecule has 0 bridgehead atoms. The van der Waals surface area contributed by atoms with Gasteiger partial charge in [0.2, 0.25) is 5.91 Å². The summed E-state index contributed by atoms with van der Waals surface area (Å²) in [4.78, 5) is 11.1. The van der Waals surface area contributed by atoms with Gasteiger partial charge in [0.15, 0.2) is 0 Å². The van der Waals surface area contributed by atoms with Crippen LogP contribution in [0, 0.1) is 6.92 Å². The van der Waals surface area contributed by atoms with Crippen LogP contribution in [0.25, 0.3) is 0 Å². The van der Waals surface area contributed by atoms with Crippen molar-refractivity contribution < 1.29 is 14.3 Å². The van der Waals surface area contributed by atoms with Crippen LogP contribution in [-0.2, 0) is 4.79 Å². The lowest BCUT2D eigenvalue weighted by molar-refractivity contribution is -0.114. The number of ether oxygens (including phenoxy) is 2. The minimum absolute atomic E-state index is 0.0998. The summed E-state index contributed by atoms with van der Waals surface area (Å²) in [5, 5.41) is 2.74. The van der Waals surface area contributed by atoms with Crippen LogP contribution in [0.1, 0.15) is 12.5 Å². The average molecular weight is 285 g/mol. The molecule has 1 N–H and O–H groups in total. The van der Waals surface area contributed by atoms with E-state index in [-0.39, 0.29) is 5.91 Å². The molecule has 0 unspecified atom stereocenters. The fourth-order valence-corrected chi connectivity index (χ4v) is 1.86. The van der Waals surface area contributed by atoms with Crippen molar-refractivity contribution in [2.45, 2.75) is 13.8 Å². The number of benzene rings is 2. The average Bonchev–Trinajstić information content (AvgIpc) is 2.47. The van der Waals surface area contributed by atoms with Crippen molar-refractivity contribution >= 4 is 11.6 Å². The molecule has 0 aliphatic carbocycles. The number of hydrogen-bond donors (Lipinski definition) is 1. The highest BCUT2D eigenvalue weighted by molar-refractivity contribution is 5.88. The maximum atomic E-state index is 11.1. The predicted octanol–water partition coefficient (Wildman–Crippen LogP) is 3.41. The molecule has 1 amide bonds. The zero-order valence-corrected chi connectivity index (χ0v) is 12.3. The van der Waals surface area contributed by atoms with Crippen molar-refractivity contribution in [3.8, 4) is 11.5 Å². The quantitative estimate of drug-likeness (QED) is 0.827. The van der Waals surface area contributed by atoms with Crippen LogP contribution in [0.2, 0.25) is 0 Å². The Morgan fingerprint density at radius 2 is 1.76 bits per heavy atom. The molecule has 0 atom stereocenters. The van der Waals surface area contributed by atoms with Gasteiger partial charge in [0.1, 0.15) is 24.7 Å². The Morgan fingerprint density at radius 3 is 2.48 bits per heavy atom. The molecule has 2 aromatic rings. The molecular formula is C17H19NO3. The van der Waals surface area contributed by atoms with Crippen molar-refractivity contribution in [1.82, 2.24) is 0 Å². The molecule has 0 radical (unpaired) electrons. The number of nitrogens with one attached hydrogen (secondary N) is 1. The monoisotopic (exact) mass is 285 g/mol. The van der Waals surface area contributed by atoms with Crippen molar-refractivity contribution in [3.05, 3.63) is 54.1 Å². The minimum Gasteiger partial charge on any atom is -0.490 e. The first-order valence-corrected chi connectivity index (χ1v) is 6.84. The number of hydrogen-bond acceptors (Lipinski definition) is 3. The molecule has 0 spiro atoms. The van der Waals surface area contributed by atoms with E-state index in [1.54, 1.807) is 0 Å². The van der Waals surface area contributed by atoms with Gasteiger partial charge in [-0.2, -0.15) is 0 Å². The standard InChI is InChI=1S/C17H19NO3/c1-13-8-9-15(18-14(2)19)12-17(13)21-11-10-20-16-6-4-3-5-7-16/h3-9,12H,10-11H2,1-2H3,(H,18,19). The first-order chi connectivity index (χ1) is 10.1. The Morgan fingerprint density at radius 1 is 1.05 bits per heavy atom. The van der Waals surface area contributed by atoms with Gasteiger partial charge in [-0.3, -0.25) is 4.79 Å². The maximum absolute atomic E-state index is 11.1. The molecule has 0 fully saturated rings. The first-order valence-electron chi connectivity index (χ1n) is 6.84. The largest absolute Gasteiger partial charge is 0.490 e. The fourth-order valence-electron chi connectivity index (χ4n) is 1.86. The zero-order chi connectivity index (χ0) is 15.1. The molecule has 0 aliphatic rings. The van der Waals surface area contributed by atoms with Crippen LogP contribution in [0.4, 0.5) is 5.69 Å². The highest BCUT2D eigenvalue weighted by Gasteiger charge is 2.03. The van der Waals surface area contributed by atoms with Crippen molar-refractivity contribution in [2.24, 2.45) is 0 Å². The van der Waals surface area contributed by atoms with Crippen LogP contribution in [0.3, 0.4) is 0 Å². The molecule has 2 rings (SSSR count). The summed E-state index contributed by atoms with van der Waals surface area (Å²) >= 11 is 0. The Kier molecular flexibility index (Phi) is 5.21. The van der Waals surface area contributed by atoms with Gasteiger partial charge in [0.25, 0.3) is 0 Å². The first kappa shape index (κ1) is 14.9. The number of rotatable bonds is 6. The van der Waals surface area contributed by atoms with E-state index in [1.165, 1.54) is 6.92 Å². The summed E-state index contributed by atoms with van der Waals surface area (Å²) in [5.74, 6) is 1.47. The van der Waals surface area contributed by atoms with Crippen molar-refractivity contribution in [1.29, 1.82) is 0 Å². The second kappa shape index (κ2) is 7.33. The number of carbonyl (C=O) groups is 1. The molecular weight excluding hydrogens is 266 g/mol. The molecule has 0 saturated carbocycles. The molecule has 4 heteroatoms. The van der Waals surface area contributed by atoms with E-state index < -0.39 is 0 Å². The number of anilines is 1. The van der Waals surface area contributed by atoms with E-state index in [0.717, 1.165) is 22.7 Å². The number of para-hydroxylation sites is 1. The van der Waals surface area contributed by atoms with E-state index in [1.807, 2.05) is 55.5 Å². The summed E-state index contributed by atoms with van der Waals surface area (Å²) in [6.07, 6.45) is 0. The number of amides is 1. The second-order valence-electron chi connectivity index (χ2n) is 4.67. The van der Waals surface area contributed by atoms with Crippen LogP contribution < -0.4 is 14.8 Å². The second-order valence-corrected chi connectivity index (χ2v) is 4.67. The van der Waals surface area contributed by atoms with E-state index >= 15 is 0 Å². The molecule has 4 nitrogen and oxygen atoms in total. The van der Waals surface area contributed by atoms with Gasteiger partial charge in [-0.25, -0.2) is 0 Å². The predicted molar refractivity (Wildman–Crippen MR) is 82.9 cm³/mol. The Labute approximate surface area is 124 Å². The third-order valence-electron chi connectivity index (χ3n) is 2.86. The lowest BCUT2D eigenvalue weighted by Crippen LogP contribution is -2.10. The lowest BCUT2D eigenvalue weighted by Gasteiger charge is -2.12.